The number of rotatable bonds is 3. The number of carbonyl (C=O) groups excluding carboxylic acids is 2. The van der Waals surface area contributed by atoms with Crippen LogP contribution in [-0.2, 0) is 11.3 Å². The third kappa shape index (κ3) is 3.19. The number of likely N-dealkylation sites (tertiary alicyclic amines) is 1. The molecule has 23 heavy (non-hydrogen) atoms. The van der Waals surface area contributed by atoms with E-state index in [1.807, 2.05) is 0 Å². The van der Waals surface area contributed by atoms with Gasteiger partial charge in [-0.1, -0.05) is 17.7 Å². The van der Waals surface area contributed by atoms with Crippen molar-refractivity contribution in [2.75, 3.05) is 13.1 Å². The molecule has 1 aromatic rings. The van der Waals surface area contributed by atoms with E-state index in [1.54, 1.807) is 13.0 Å². The first kappa shape index (κ1) is 16.2. The summed E-state index contributed by atoms with van der Waals surface area (Å²) >= 11 is 6.09. The van der Waals surface area contributed by atoms with E-state index in [2.05, 4.69) is 15.5 Å². The van der Waals surface area contributed by atoms with Crippen molar-refractivity contribution in [3.63, 3.8) is 0 Å². The normalized spacial score (nSPS) is 28.6. The fourth-order valence-electron chi connectivity index (χ4n) is 3.41. The number of amides is 3. The molecule has 5 nitrogen and oxygen atoms in total. The zero-order chi connectivity index (χ0) is 16.6. The van der Waals surface area contributed by atoms with Crippen molar-refractivity contribution in [1.29, 1.82) is 0 Å². The van der Waals surface area contributed by atoms with Gasteiger partial charge in [0.25, 0.3) is 5.91 Å². The molecular weight excluding hydrogens is 321 g/mol. The molecule has 2 saturated heterocycles. The predicted octanol–water partition coefficient (Wildman–Crippen LogP) is 2.29. The highest BCUT2D eigenvalue weighted by atomic mass is 35.5. The van der Waals surface area contributed by atoms with Crippen LogP contribution in [0.2, 0.25) is 5.02 Å². The van der Waals surface area contributed by atoms with Gasteiger partial charge in [-0.2, -0.15) is 0 Å². The third-order valence-corrected chi connectivity index (χ3v) is 5.15. The minimum atomic E-state index is -0.873. The lowest BCUT2D eigenvalue weighted by Crippen LogP contribution is -2.55. The first-order valence-electron chi connectivity index (χ1n) is 7.68. The van der Waals surface area contributed by atoms with Gasteiger partial charge in [0, 0.05) is 24.0 Å². The number of halogens is 2. The summed E-state index contributed by atoms with van der Waals surface area (Å²) in [5.41, 5.74) is -0.0127. The van der Waals surface area contributed by atoms with Crippen LogP contribution < -0.4 is 10.6 Å². The van der Waals surface area contributed by atoms with Gasteiger partial charge < -0.3 is 5.32 Å². The van der Waals surface area contributed by atoms with Crippen molar-refractivity contribution in [2.24, 2.45) is 5.92 Å². The number of nitrogens with one attached hydrogen (secondary N) is 2. The molecule has 2 aliphatic heterocycles. The fraction of sp³-hybridized carbons (Fsp3) is 0.500. The van der Waals surface area contributed by atoms with Crippen LogP contribution in [0.15, 0.2) is 18.2 Å². The van der Waals surface area contributed by atoms with Crippen molar-refractivity contribution in [1.82, 2.24) is 15.5 Å². The van der Waals surface area contributed by atoms with Crippen LogP contribution in [0.5, 0.6) is 0 Å². The number of piperidine rings is 1. The summed E-state index contributed by atoms with van der Waals surface area (Å²) in [5.74, 6) is -0.593. The lowest BCUT2D eigenvalue weighted by Gasteiger charge is -2.39. The maximum Gasteiger partial charge on any atom is 0.322 e. The van der Waals surface area contributed by atoms with Gasteiger partial charge in [0.15, 0.2) is 0 Å². The SMILES string of the molecule is CC1(C2CCCN(Cc3ccc(F)cc3Cl)C2)NC(=O)NC1=O. The molecule has 124 valence electrons. The largest absolute Gasteiger partial charge is 0.323 e. The Hall–Kier alpha value is -1.66. The number of hydrogen-bond acceptors (Lipinski definition) is 3. The second-order valence-corrected chi connectivity index (χ2v) is 6.83. The van der Waals surface area contributed by atoms with Gasteiger partial charge in [0.1, 0.15) is 11.4 Å². The molecule has 0 aliphatic carbocycles. The Balaban J connectivity index is 1.71. The number of urea groups is 1. The van der Waals surface area contributed by atoms with Gasteiger partial charge in [-0.15, -0.1) is 0 Å². The van der Waals surface area contributed by atoms with E-state index in [9.17, 15) is 14.0 Å². The van der Waals surface area contributed by atoms with Crippen molar-refractivity contribution in [3.05, 3.63) is 34.6 Å². The molecule has 0 radical (unpaired) electrons. The number of imide groups is 1. The lowest BCUT2D eigenvalue weighted by atomic mass is 9.80. The smallest absolute Gasteiger partial charge is 0.322 e. The first-order chi connectivity index (χ1) is 10.9. The van der Waals surface area contributed by atoms with Crippen LogP contribution in [0, 0.1) is 11.7 Å². The van der Waals surface area contributed by atoms with Gasteiger partial charge in [0.2, 0.25) is 0 Å². The summed E-state index contributed by atoms with van der Waals surface area (Å²) in [5, 5.41) is 5.47. The number of carbonyl (C=O) groups is 2. The van der Waals surface area contributed by atoms with Crippen molar-refractivity contribution >= 4 is 23.5 Å². The summed E-state index contributed by atoms with van der Waals surface area (Å²) in [6.45, 7) is 3.93. The summed E-state index contributed by atoms with van der Waals surface area (Å²) < 4.78 is 13.1. The van der Waals surface area contributed by atoms with Crippen LogP contribution in [0.3, 0.4) is 0 Å². The molecule has 0 bridgehead atoms. The molecule has 2 heterocycles. The highest BCUT2D eigenvalue weighted by Gasteiger charge is 2.48. The maximum absolute atomic E-state index is 13.1. The Morgan fingerprint density at radius 3 is 2.87 bits per heavy atom. The first-order valence-corrected chi connectivity index (χ1v) is 8.06. The van der Waals surface area contributed by atoms with E-state index in [4.69, 9.17) is 11.6 Å². The van der Waals surface area contributed by atoms with Crippen LogP contribution in [0.1, 0.15) is 25.3 Å². The van der Waals surface area contributed by atoms with E-state index in [0.29, 0.717) is 18.1 Å². The Morgan fingerprint density at radius 1 is 1.43 bits per heavy atom. The molecule has 0 aromatic heterocycles. The average molecular weight is 340 g/mol. The Bertz CT molecular complexity index is 654. The van der Waals surface area contributed by atoms with Crippen LogP contribution in [0.25, 0.3) is 0 Å². The monoisotopic (exact) mass is 339 g/mol. The minimum absolute atomic E-state index is 0.0296. The highest BCUT2D eigenvalue weighted by Crippen LogP contribution is 2.31. The van der Waals surface area contributed by atoms with Crippen molar-refractivity contribution in [3.8, 4) is 0 Å². The molecule has 2 aliphatic rings. The summed E-state index contributed by atoms with van der Waals surface area (Å²) in [7, 11) is 0. The molecule has 2 N–H and O–H groups in total. The molecule has 2 atom stereocenters. The van der Waals surface area contributed by atoms with E-state index in [0.717, 1.165) is 24.9 Å². The molecule has 2 unspecified atom stereocenters. The molecule has 0 saturated carbocycles. The topological polar surface area (TPSA) is 61.4 Å². The Morgan fingerprint density at radius 2 is 2.22 bits per heavy atom. The van der Waals surface area contributed by atoms with Gasteiger partial charge >= 0.3 is 6.03 Å². The standard InChI is InChI=1S/C16H19ClFN3O2/c1-16(14(22)19-15(23)20-16)11-3-2-6-21(9-11)8-10-4-5-12(18)7-13(10)17/h4-5,7,11H,2-3,6,8-9H2,1H3,(H2,19,20,22,23). The van der Waals surface area contributed by atoms with Gasteiger partial charge in [-0.3, -0.25) is 15.0 Å². The minimum Gasteiger partial charge on any atom is -0.323 e. The molecular formula is C16H19ClFN3O2. The van der Waals surface area contributed by atoms with Gasteiger partial charge in [-0.05, 0) is 44.0 Å². The van der Waals surface area contributed by atoms with E-state index in [-0.39, 0.29) is 17.6 Å². The van der Waals surface area contributed by atoms with Crippen molar-refractivity contribution in [2.45, 2.75) is 31.8 Å². The Kier molecular flexibility index (Phi) is 4.29. The zero-order valence-corrected chi connectivity index (χ0v) is 13.6. The quantitative estimate of drug-likeness (QED) is 0.831. The second-order valence-electron chi connectivity index (χ2n) is 6.42. The number of hydrogen-bond donors (Lipinski definition) is 2. The molecule has 7 heteroatoms. The number of nitrogens with zero attached hydrogens (tertiary/aromatic N) is 1. The zero-order valence-electron chi connectivity index (χ0n) is 12.9. The second kappa shape index (κ2) is 6.09. The maximum atomic E-state index is 13.1. The summed E-state index contributed by atoms with van der Waals surface area (Å²) in [6.07, 6.45) is 1.81. The lowest BCUT2D eigenvalue weighted by molar-refractivity contribution is -0.126. The van der Waals surface area contributed by atoms with Crippen LogP contribution in [-0.4, -0.2) is 35.5 Å². The van der Waals surface area contributed by atoms with E-state index in [1.165, 1.54) is 12.1 Å². The summed E-state index contributed by atoms with van der Waals surface area (Å²) in [4.78, 5) is 25.7. The third-order valence-electron chi connectivity index (χ3n) is 4.80. The molecule has 1 aromatic carbocycles. The summed E-state index contributed by atoms with van der Waals surface area (Å²) in [6, 6.07) is 3.96. The van der Waals surface area contributed by atoms with Crippen LogP contribution >= 0.6 is 11.6 Å². The molecule has 3 rings (SSSR count). The fourth-order valence-corrected chi connectivity index (χ4v) is 3.63. The highest BCUT2D eigenvalue weighted by molar-refractivity contribution is 6.31. The Labute approximate surface area is 139 Å². The van der Waals surface area contributed by atoms with Gasteiger partial charge in [-0.25, -0.2) is 9.18 Å². The average Bonchev–Trinajstić information content (AvgIpc) is 2.76. The molecule has 0 spiro atoms. The van der Waals surface area contributed by atoms with Gasteiger partial charge in [0.05, 0.1) is 0 Å². The van der Waals surface area contributed by atoms with E-state index < -0.39 is 11.6 Å². The van der Waals surface area contributed by atoms with Crippen LogP contribution in [0.4, 0.5) is 9.18 Å². The molecule has 3 amide bonds. The number of benzene rings is 1. The van der Waals surface area contributed by atoms with E-state index >= 15 is 0 Å². The van der Waals surface area contributed by atoms with Crippen molar-refractivity contribution < 1.29 is 14.0 Å². The predicted molar refractivity (Wildman–Crippen MR) is 84.5 cm³/mol. The molecule has 2 fully saturated rings.